The Morgan fingerprint density at radius 2 is 2.27 bits per heavy atom. The van der Waals surface area contributed by atoms with Crippen molar-refractivity contribution in [1.29, 1.82) is 0 Å². The summed E-state index contributed by atoms with van der Waals surface area (Å²) in [5, 5.41) is 0. The zero-order valence-electron chi connectivity index (χ0n) is 7.59. The van der Waals surface area contributed by atoms with Crippen molar-refractivity contribution in [1.82, 2.24) is 4.90 Å². The molecule has 1 aliphatic rings. The highest BCUT2D eigenvalue weighted by Crippen LogP contribution is 2.19. The van der Waals surface area contributed by atoms with Crippen LogP contribution in [0.5, 0.6) is 0 Å². The number of amidine groups is 1. The van der Waals surface area contributed by atoms with Crippen LogP contribution in [0.2, 0.25) is 0 Å². The number of nitrogens with zero attached hydrogens (tertiary/aromatic N) is 2. The Morgan fingerprint density at radius 1 is 1.64 bits per heavy atom. The third-order valence-electron chi connectivity index (χ3n) is 2.28. The van der Waals surface area contributed by atoms with Gasteiger partial charge in [-0.25, -0.2) is 0 Å². The van der Waals surface area contributed by atoms with Gasteiger partial charge < -0.3 is 10.6 Å². The quantitative estimate of drug-likeness (QED) is 0.552. The van der Waals surface area contributed by atoms with Gasteiger partial charge in [0.25, 0.3) is 0 Å². The largest absolute Gasteiger partial charge is 0.363 e. The molecule has 1 atom stereocenters. The summed E-state index contributed by atoms with van der Waals surface area (Å²) in [5.41, 5.74) is 5.96. The van der Waals surface area contributed by atoms with E-state index in [1.54, 1.807) is 0 Å². The molecule has 3 nitrogen and oxygen atoms in total. The van der Waals surface area contributed by atoms with Gasteiger partial charge in [-0.3, -0.25) is 4.99 Å². The van der Waals surface area contributed by atoms with Gasteiger partial charge in [-0.05, 0) is 13.3 Å². The summed E-state index contributed by atoms with van der Waals surface area (Å²) < 4.78 is 0. The second-order valence-electron chi connectivity index (χ2n) is 3.64. The molecule has 0 aromatic heterocycles. The van der Waals surface area contributed by atoms with E-state index >= 15 is 0 Å². The van der Waals surface area contributed by atoms with Crippen LogP contribution in [0.3, 0.4) is 0 Å². The summed E-state index contributed by atoms with van der Waals surface area (Å²) in [6.45, 7) is 3.12. The maximum atomic E-state index is 6.00. The molecule has 1 unspecified atom stereocenters. The predicted molar refractivity (Wildman–Crippen MR) is 47.8 cm³/mol. The van der Waals surface area contributed by atoms with Gasteiger partial charge in [0, 0.05) is 32.6 Å². The number of nitrogens with two attached hydrogens (primary N) is 1. The lowest BCUT2D eigenvalue weighted by molar-refractivity contribution is 0.324. The van der Waals surface area contributed by atoms with E-state index in [1.807, 2.05) is 7.05 Å². The molecule has 1 rings (SSSR count). The summed E-state index contributed by atoms with van der Waals surface area (Å²) in [7, 11) is 3.89. The second kappa shape index (κ2) is 2.81. The molecule has 1 saturated heterocycles. The van der Waals surface area contributed by atoms with Crippen LogP contribution in [-0.2, 0) is 0 Å². The predicted octanol–water partition coefficient (Wildman–Crippen LogP) is 0.458. The summed E-state index contributed by atoms with van der Waals surface area (Å²) in [5.74, 6) is 1.13. The molecule has 0 saturated carbocycles. The molecule has 0 amide bonds. The molecule has 2 N–H and O–H groups in total. The topological polar surface area (TPSA) is 41.6 Å². The smallest absolute Gasteiger partial charge is 0.100 e. The maximum absolute atomic E-state index is 6.00. The Kier molecular flexibility index (Phi) is 2.18. The summed E-state index contributed by atoms with van der Waals surface area (Å²) in [6, 6.07) is 0. The second-order valence-corrected chi connectivity index (χ2v) is 3.64. The van der Waals surface area contributed by atoms with Crippen molar-refractivity contribution in [2.45, 2.75) is 25.3 Å². The minimum atomic E-state index is -0.0403. The van der Waals surface area contributed by atoms with Gasteiger partial charge in [-0.2, -0.15) is 0 Å². The Balaban J connectivity index is 2.66. The van der Waals surface area contributed by atoms with E-state index in [0.29, 0.717) is 0 Å². The number of piperidine rings is 1. The van der Waals surface area contributed by atoms with Crippen molar-refractivity contribution in [3.63, 3.8) is 0 Å². The Hall–Kier alpha value is -0.570. The molecule has 0 aromatic carbocycles. The highest BCUT2D eigenvalue weighted by molar-refractivity contribution is 5.83. The molecule has 1 fully saturated rings. The molecule has 0 bridgehead atoms. The van der Waals surface area contributed by atoms with Crippen molar-refractivity contribution in [2.24, 2.45) is 10.7 Å². The SMILES string of the molecule is C/N=C1/CC(C)(N)CCN1C. The first-order valence-electron chi connectivity index (χ1n) is 4.01. The lowest BCUT2D eigenvalue weighted by Crippen LogP contribution is -2.49. The van der Waals surface area contributed by atoms with Gasteiger partial charge in [-0.15, -0.1) is 0 Å². The molecule has 0 aromatic rings. The summed E-state index contributed by atoms with van der Waals surface area (Å²) in [6.07, 6.45) is 1.96. The van der Waals surface area contributed by atoms with Gasteiger partial charge in [0.05, 0.1) is 0 Å². The van der Waals surface area contributed by atoms with Gasteiger partial charge in [0.15, 0.2) is 0 Å². The van der Waals surface area contributed by atoms with Crippen molar-refractivity contribution in [2.75, 3.05) is 20.6 Å². The monoisotopic (exact) mass is 155 g/mol. The van der Waals surface area contributed by atoms with Crippen LogP contribution < -0.4 is 5.73 Å². The molecule has 3 heteroatoms. The fourth-order valence-electron chi connectivity index (χ4n) is 1.39. The minimum Gasteiger partial charge on any atom is -0.363 e. The Labute approximate surface area is 68.3 Å². The number of hydrogen-bond donors (Lipinski definition) is 1. The van der Waals surface area contributed by atoms with Gasteiger partial charge in [0.2, 0.25) is 0 Å². The van der Waals surface area contributed by atoms with E-state index in [4.69, 9.17) is 5.73 Å². The molecule has 11 heavy (non-hydrogen) atoms. The van der Waals surface area contributed by atoms with E-state index in [1.165, 1.54) is 0 Å². The molecule has 1 heterocycles. The molecule has 0 radical (unpaired) electrons. The standard InChI is InChI=1S/C8H17N3/c1-8(9)4-5-11(3)7(6-8)10-2/h4-6,9H2,1-3H3/b10-7-. The average Bonchev–Trinajstić information content (AvgIpc) is 1.94. The molecule has 64 valence electrons. The summed E-state index contributed by atoms with van der Waals surface area (Å²) in [4.78, 5) is 6.36. The van der Waals surface area contributed by atoms with Gasteiger partial charge >= 0.3 is 0 Å². The fourth-order valence-corrected chi connectivity index (χ4v) is 1.39. The summed E-state index contributed by atoms with van der Waals surface area (Å²) >= 11 is 0. The van der Waals surface area contributed by atoms with Crippen LogP contribution in [-0.4, -0.2) is 36.9 Å². The number of hydrogen-bond acceptors (Lipinski definition) is 2. The van der Waals surface area contributed by atoms with Crippen LogP contribution in [0.25, 0.3) is 0 Å². The molecule has 1 aliphatic heterocycles. The Morgan fingerprint density at radius 3 is 2.73 bits per heavy atom. The van der Waals surface area contributed by atoms with Gasteiger partial charge in [0.1, 0.15) is 5.84 Å². The first-order chi connectivity index (χ1) is 5.05. The Bertz CT molecular complexity index is 172. The zero-order chi connectivity index (χ0) is 8.48. The number of rotatable bonds is 0. The van der Waals surface area contributed by atoms with Crippen molar-refractivity contribution < 1.29 is 0 Å². The lowest BCUT2D eigenvalue weighted by Gasteiger charge is -2.36. The van der Waals surface area contributed by atoms with E-state index in [2.05, 4.69) is 23.9 Å². The first kappa shape index (κ1) is 8.53. The minimum absolute atomic E-state index is 0.0403. The molecular formula is C8H17N3. The molecule has 0 spiro atoms. The lowest BCUT2D eigenvalue weighted by atomic mass is 9.90. The van der Waals surface area contributed by atoms with Gasteiger partial charge in [-0.1, -0.05) is 0 Å². The maximum Gasteiger partial charge on any atom is 0.100 e. The van der Waals surface area contributed by atoms with E-state index in [-0.39, 0.29) is 5.54 Å². The van der Waals surface area contributed by atoms with Crippen LogP contribution >= 0.6 is 0 Å². The average molecular weight is 155 g/mol. The highest BCUT2D eigenvalue weighted by atomic mass is 15.2. The third kappa shape index (κ3) is 1.93. The third-order valence-corrected chi connectivity index (χ3v) is 2.28. The number of aliphatic imine (C=N–C) groups is 1. The fraction of sp³-hybridized carbons (Fsp3) is 0.875. The first-order valence-corrected chi connectivity index (χ1v) is 4.01. The zero-order valence-corrected chi connectivity index (χ0v) is 7.59. The number of likely N-dealkylation sites (tertiary alicyclic amines) is 1. The van der Waals surface area contributed by atoms with E-state index in [9.17, 15) is 0 Å². The van der Waals surface area contributed by atoms with Crippen LogP contribution in [0.1, 0.15) is 19.8 Å². The normalized spacial score (nSPS) is 36.4. The molecule has 0 aliphatic carbocycles. The van der Waals surface area contributed by atoms with Crippen molar-refractivity contribution >= 4 is 5.84 Å². The van der Waals surface area contributed by atoms with Crippen molar-refractivity contribution in [3.8, 4) is 0 Å². The van der Waals surface area contributed by atoms with E-state index < -0.39 is 0 Å². The van der Waals surface area contributed by atoms with Crippen molar-refractivity contribution in [3.05, 3.63) is 0 Å². The van der Waals surface area contributed by atoms with E-state index in [0.717, 1.165) is 25.2 Å². The highest BCUT2D eigenvalue weighted by Gasteiger charge is 2.27. The van der Waals surface area contributed by atoms with Crippen LogP contribution in [0, 0.1) is 0 Å². The van der Waals surface area contributed by atoms with Crippen LogP contribution in [0.4, 0.5) is 0 Å². The van der Waals surface area contributed by atoms with Crippen LogP contribution in [0.15, 0.2) is 4.99 Å². The molecular weight excluding hydrogens is 138 g/mol.